The molecule has 1 heterocycles. The predicted octanol–water partition coefficient (Wildman–Crippen LogP) is 1.87. The Bertz CT molecular complexity index is 487. The van der Waals surface area contributed by atoms with Crippen molar-refractivity contribution >= 4 is 29.7 Å². The summed E-state index contributed by atoms with van der Waals surface area (Å²) in [6.45, 7) is 3.15. The Morgan fingerprint density at radius 1 is 1.53 bits per heavy atom. The number of hydrogen-bond donors (Lipinski definition) is 2. The molecule has 0 spiro atoms. The molecule has 1 amide bonds. The molecule has 6 nitrogen and oxygen atoms in total. The van der Waals surface area contributed by atoms with Gasteiger partial charge in [0.15, 0.2) is 0 Å². The number of nitro benzene ring substituents is 1. The quantitative estimate of drug-likeness (QED) is 0.656. The van der Waals surface area contributed by atoms with Crippen molar-refractivity contribution in [3.8, 4) is 0 Å². The second-order valence-corrected chi connectivity index (χ2v) is 4.39. The van der Waals surface area contributed by atoms with Gasteiger partial charge in [-0.3, -0.25) is 14.9 Å². The summed E-state index contributed by atoms with van der Waals surface area (Å²) in [7, 11) is 0. The van der Waals surface area contributed by atoms with Gasteiger partial charge >= 0.3 is 0 Å². The molecular weight excluding hydrogens is 270 g/mol. The third-order valence-electron chi connectivity index (χ3n) is 3.19. The molecule has 2 rings (SSSR count). The molecule has 1 atom stereocenters. The highest BCUT2D eigenvalue weighted by Gasteiger charge is 2.23. The van der Waals surface area contributed by atoms with E-state index >= 15 is 0 Å². The first-order valence-electron chi connectivity index (χ1n) is 5.85. The number of amides is 1. The van der Waals surface area contributed by atoms with Gasteiger partial charge in [-0.1, -0.05) is 6.07 Å². The largest absolute Gasteiger partial charge is 0.325 e. The van der Waals surface area contributed by atoms with E-state index in [0.29, 0.717) is 17.8 Å². The van der Waals surface area contributed by atoms with Crippen LogP contribution in [0.1, 0.15) is 12.0 Å². The molecule has 19 heavy (non-hydrogen) atoms. The molecular formula is C12H16ClN3O3. The van der Waals surface area contributed by atoms with Gasteiger partial charge in [0.1, 0.15) is 0 Å². The van der Waals surface area contributed by atoms with Crippen molar-refractivity contribution in [3.63, 3.8) is 0 Å². The van der Waals surface area contributed by atoms with E-state index in [9.17, 15) is 14.9 Å². The van der Waals surface area contributed by atoms with Crippen LogP contribution in [0.15, 0.2) is 18.2 Å². The van der Waals surface area contributed by atoms with Crippen LogP contribution in [0.5, 0.6) is 0 Å². The molecule has 0 bridgehead atoms. The predicted molar refractivity (Wildman–Crippen MR) is 74.7 cm³/mol. The second kappa shape index (κ2) is 6.49. The van der Waals surface area contributed by atoms with Gasteiger partial charge in [-0.05, 0) is 26.0 Å². The third kappa shape index (κ3) is 3.42. The molecule has 0 aromatic heterocycles. The summed E-state index contributed by atoms with van der Waals surface area (Å²) >= 11 is 0. The number of nitrogens with zero attached hydrogens (tertiary/aromatic N) is 1. The Morgan fingerprint density at radius 3 is 2.84 bits per heavy atom. The van der Waals surface area contributed by atoms with Gasteiger partial charge < -0.3 is 10.6 Å². The molecule has 1 aliphatic rings. The summed E-state index contributed by atoms with van der Waals surface area (Å²) in [5.74, 6) is -0.132. The molecule has 1 unspecified atom stereocenters. The van der Waals surface area contributed by atoms with Crippen LogP contribution in [0.25, 0.3) is 0 Å². The average Bonchev–Trinajstić information content (AvgIpc) is 2.85. The van der Waals surface area contributed by atoms with Gasteiger partial charge in [0.25, 0.3) is 5.69 Å². The molecule has 1 aromatic carbocycles. The summed E-state index contributed by atoms with van der Waals surface area (Å²) in [6.07, 6.45) is 0.805. The Hall–Kier alpha value is -1.66. The van der Waals surface area contributed by atoms with E-state index in [-0.39, 0.29) is 29.9 Å². The lowest BCUT2D eigenvalue weighted by molar-refractivity contribution is -0.385. The summed E-state index contributed by atoms with van der Waals surface area (Å²) < 4.78 is 0. The number of benzene rings is 1. The molecule has 104 valence electrons. The zero-order valence-electron chi connectivity index (χ0n) is 10.5. The summed E-state index contributed by atoms with van der Waals surface area (Å²) in [5.41, 5.74) is 1.03. The van der Waals surface area contributed by atoms with Crippen molar-refractivity contribution < 1.29 is 9.72 Å². The van der Waals surface area contributed by atoms with E-state index in [1.54, 1.807) is 19.1 Å². The fourth-order valence-electron chi connectivity index (χ4n) is 2.07. The van der Waals surface area contributed by atoms with Crippen LogP contribution in [-0.2, 0) is 4.79 Å². The van der Waals surface area contributed by atoms with E-state index < -0.39 is 4.92 Å². The van der Waals surface area contributed by atoms with Crippen LogP contribution in [0.3, 0.4) is 0 Å². The number of carbonyl (C=O) groups is 1. The van der Waals surface area contributed by atoms with Crippen molar-refractivity contribution in [3.05, 3.63) is 33.9 Å². The molecule has 2 N–H and O–H groups in total. The smallest absolute Gasteiger partial charge is 0.274 e. The maximum Gasteiger partial charge on any atom is 0.274 e. The lowest BCUT2D eigenvalue weighted by Crippen LogP contribution is -2.25. The van der Waals surface area contributed by atoms with Crippen molar-refractivity contribution in [2.24, 2.45) is 5.92 Å². The topological polar surface area (TPSA) is 84.3 Å². The third-order valence-corrected chi connectivity index (χ3v) is 3.19. The minimum Gasteiger partial charge on any atom is -0.325 e. The SMILES string of the molecule is Cc1c(NC(=O)C2CCNC2)cccc1[N+](=O)[O-].Cl. The maximum atomic E-state index is 11.9. The normalized spacial score (nSPS) is 17.6. The molecule has 1 saturated heterocycles. The lowest BCUT2D eigenvalue weighted by Gasteiger charge is -2.11. The lowest BCUT2D eigenvalue weighted by atomic mass is 10.1. The summed E-state index contributed by atoms with van der Waals surface area (Å²) in [4.78, 5) is 22.3. The van der Waals surface area contributed by atoms with E-state index in [2.05, 4.69) is 10.6 Å². The maximum absolute atomic E-state index is 11.9. The number of anilines is 1. The zero-order chi connectivity index (χ0) is 13.1. The molecule has 1 fully saturated rings. The van der Waals surface area contributed by atoms with E-state index in [1.165, 1.54) is 6.07 Å². The van der Waals surface area contributed by atoms with E-state index in [4.69, 9.17) is 0 Å². The molecule has 0 saturated carbocycles. The fourth-order valence-corrected chi connectivity index (χ4v) is 2.07. The molecule has 7 heteroatoms. The highest BCUT2D eigenvalue weighted by Crippen LogP contribution is 2.25. The zero-order valence-corrected chi connectivity index (χ0v) is 11.3. The number of nitrogens with one attached hydrogen (secondary N) is 2. The summed E-state index contributed by atoms with van der Waals surface area (Å²) in [5, 5.41) is 16.7. The minimum absolute atomic E-state index is 0. The Kier molecular flexibility index (Phi) is 5.26. The van der Waals surface area contributed by atoms with Crippen molar-refractivity contribution in [2.45, 2.75) is 13.3 Å². The molecule has 1 aromatic rings. The van der Waals surface area contributed by atoms with Gasteiger partial charge in [-0.25, -0.2) is 0 Å². The van der Waals surface area contributed by atoms with Crippen molar-refractivity contribution in [1.82, 2.24) is 5.32 Å². The van der Waals surface area contributed by atoms with Gasteiger partial charge in [0, 0.05) is 12.6 Å². The van der Waals surface area contributed by atoms with Gasteiger partial charge in [-0.15, -0.1) is 12.4 Å². The Labute approximate surface area is 117 Å². The first-order valence-corrected chi connectivity index (χ1v) is 5.85. The van der Waals surface area contributed by atoms with E-state index in [0.717, 1.165) is 13.0 Å². The second-order valence-electron chi connectivity index (χ2n) is 4.39. The Balaban J connectivity index is 0.00000180. The number of nitro groups is 1. The van der Waals surface area contributed by atoms with Crippen molar-refractivity contribution in [1.29, 1.82) is 0 Å². The number of halogens is 1. The standard InChI is InChI=1S/C12H15N3O3.ClH/c1-8-10(3-2-4-11(8)15(17)18)14-12(16)9-5-6-13-7-9;/h2-4,9,13H,5-7H2,1H3,(H,14,16);1H. The number of carbonyl (C=O) groups excluding carboxylic acids is 1. The Morgan fingerprint density at radius 2 is 2.26 bits per heavy atom. The van der Waals surface area contributed by atoms with Crippen LogP contribution in [0, 0.1) is 23.0 Å². The van der Waals surface area contributed by atoms with Crippen LogP contribution in [0.2, 0.25) is 0 Å². The van der Waals surface area contributed by atoms with Gasteiger partial charge in [0.05, 0.1) is 22.1 Å². The highest BCUT2D eigenvalue weighted by molar-refractivity contribution is 5.94. The van der Waals surface area contributed by atoms with Gasteiger partial charge in [0.2, 0.25) is 5.91 Å². The van der Waals surface area contributed by atoms with Crippen LogP contribution in [0.4, 0.5) is 11.4 Å². The summed E-state index contributed by atoms with van der Waals surface area (Å²) in [6, 6.07) is 4.69. The van der Waals surface area contributed by atoms with Crippen molar-refractivity contribution in [2.75, 3.05) is 18.4 Å². The number of hydrogen-bond acceptors (Lipinski definition) is 4. The fraction of sp³-hybridized carbons (Fsp3) is 0.417. The van der Waals surface area contributed by atoms with Crippen LogP contribution < -0.4 is 10.6 Å². The van der Waals surface area contributed by atoms with Crippen LogP contribution >= 0.6 is 12.4 Å². The van der Waals surface area contributed by atoms with Crippen LogP contribution in [-0.4, -0.2) is 23.9 Å². The molecule has 0 aliphatic carbocycles. The monoisotopic (exact) mass is 285 g/mol. The van der Waals surface area contributed by atoms with E-state index in [1.807, 2.05) is 0 Å². The number of rotatable bonds is 3. The first kappa shape index (κ1) is 15.4. The molecule has 0 radical (unpaired) electrons. The average molecular weight is 286 g/mol. The molecule has 1 aliphatic heterocycles. The first-order chi connectivity index (χ1) is 8.59. The minimum atomic E-state index is -0.442. The van der Waals surface area contributed by atoms with Gasteiger partial charge in [-0.2, -0.15) is 0 Å². The highest BCUT2D eigenvalue weighted by atomic mass is 35.5.